The van der Waals surface area contributed by atoms with Crippen LogP contribution in [0.15, 0.2) is 0 Å². The van der Waals surface area contributed by atoms with Gasteiger partial charge in [0.1, 0.15) is 6.10 Å². The van der Waals surface area contributed by atoms with Gasteiger partial charge in [0.15, 0.2) is 0 Å². The third-order valence-electron chi connectivity index (χ3n) is 5.51. The standard InChI is InChI=1S/C22H40O4/c1-3-4-5-6-7-8-9-10-11-14-20(18(2)22(24)25)26-21(23)15-12-13-19-16-17-19/h18-20H,3-17H2,1-2H3,(H,24,25). The lowest BCUT2D eigenvalue weighted by molar-refractivity contribution is -0.158. The molecule has 0 bridgehead atoms. The van der Waals surface area contributed by atoms with E-state index in [1.807, 2.05) is 0 Å². The quantitative estimate of drug-likeness (QED) is 0.248. The number of ether oxygens (including phenoxy) is 1. The maximum Gasteiger partial charge on any atom is 0.309 e. The average molecular weight is 369 g/mol. The summed E-state index contributed by atoms with van der Waals surface area (Å²) in [6.07, 6.45) is 16.2. The molecule has 2 atom stereocenters. The molecule has 1 aliphatic carbocycles. The van der Waals surface area contributed by atoms with E-state index in [4.69, 9.17) is 4.74 Å². The number of carboxylic acid groups (broad SMARTS) is 1. The van der Waals surface area contributed by atoms with Crippen molar-refractivity contribution in [3.8, 4) is 0 Å². The van der Waals surface area contributed by atoms with E-state index < -0.39 is 18.0 Å². The molecule has 1 aliphatic rings. The molecule has 1 fully saturated rings. The van der Waals surface area contributed by atoms with Gasteiger partial charge in [0.25, 0.3) is 0 Å². The Kier molecular flexibility index (Phi) is 12.4. The van der Waals surface area contributed by atoms with Crippen molar-refractivity contribution in [3.63, 3.8) is 0 Å². The molecule has 0 spiro atoms. The van der Waals surface area contributed by atoms with Gasteiger partial charge in [0.05, 0.1) is 5.92 Å². The van der Waals surface area contributed by atoms with Crippen LogP contribution in [0.1, 0.15) is 110 Å². The summed E-state index contributed by atoms with van der Waals surface area (Å²) in [4.78, 5) is 23.3. The second-order valence-electron chi connectivity index (χ2n) is 8.11. The van der Waals surface area contributed by atoms with Gasteiger partial charge in [0, 0.05) is 6.42 Å². The van der Waals surface area contributed by atoms with Crippen molar-refractivity contribution in [1.29, 1.82) is 0 Å². The summed E-state index contributed by atoms with van der Waals surface area (Å²) in [6, 6.07) is 0. The lowest BCUT2D eigenvalue weighted by Gasteiger charge is -2.21. The minimum Gasteiger partial charge on any atom is -0.481 e. The zero-order valence-electron chi connectivity index (χ0n) is 17.0. The van der Waals surface area contributed by atoms with Crippen molar-refractivity contribution in [2.24, 2.45) is 11.8 Å². The van der Waals surface area contributed by atoms with Gasteiger partial charge >= 0.3 is 11.9 Å². The molecule has 1 saturated carbocycles. The zero-order chi connectivity index (χ0) is 19.2. The maximum absolute atomic E-state index is 12.0. The summed E-state index contributed by atoms with van der Waals surface area (Å²) in [5.74, 6) is -0.911. The number of carboxylic acids is 1. The van der Waals surface area contributed by atoms with Gasteiger partial charge in [0.2, 0.25) is 0 Å². The third-order valence-corrected chi connectivity index (χ3v) is 5.51. The highest BCUT2D eigenvalue weighted by molar-refractivity contribution is 5.72. The molecule has 152 valence electrons. The number of rotatable bonds is 17. The van der Waals surface area contributed by atoms with Gasteiger partial charge in [-0.1, -0.05) is 71.1 Å². The van der Waals surface area contributed by atoms with Crippen LogP contribution >= 0.6 is 0 Å². The fourth-order valence-corrected chi connectivity index (χ4v) is 3.40. The van der Waals surface area contributed by atoms with Crippen LogP contribution in [0, 0.1) is 11.8 Å². The predicted octanol–water partition coefficient (Wildman–Crippen LogP) is 6.12. The molecule has 26 heavy (non-hydrogen) atoms. The van der Waals surface area contributed by atoms with Crippen LogP contribution in [-0.2, 0) is 14.3 Å². The number of hydrogen-bond acceptors (Lipinski definition) is 3. The van der Waals surface area contributed by atoms with E-state index >= 15 is 0 Å². The van der Waals surface area contributed by atoms with Gasteiger partial charge in [-0.05, 0) is 38.5 Å². The van der Waals surface area contributed by atoms with Gasteiger partial charge in [-0.2, -0.15) is 0 Å². The average Bonchev–Trinajstić information content (AvgIpc) is 3.42. The molecule has 4 heteroatoms. The third kappa shape index (κ3) is 11.5. The SMILES string of the molecule is CCCCCCCCCCCC(OC(=O)CCCC1CC1)C(C)C(=O)O. The summed E-state index contributed by atoms with van der Waals surface area (Å²) < 4.78 is 5.53. The van der Waals surface area contributed by atoms with Crippen molar-refractivity contribution in [2.45, 2.75) is 116 Å². The molecule has 0 aliphatic heterocycles. The molecular weight excluding hydrogens is 328 g/mol. The van der Waals surface area contributed by atoms with Gasteiger partial charge in [-0.3, -0.25) is 9.59 Å². The largest absolute Gasteiger partial charge is 0.481 e. The Morgan fingerprint density at radius 2 is 1.54 bits per heavy atom. The lowest BCUT2D eigenvalue weighted by atomic mass is 9.98. The lowest BCUT2D eigenvalue weighted by Crippen LogP contribution is -2.30. The van der Waals surface area contributed by atoms with Crippen molar-refractivity contribution in [3.05, 3.63) is 0 Å². The van der Waals surface area contributed by atoms with E-state index in [0.29, 0.717) is 12.8 Å². The molecule has 0 aromatic rings. The summed E-state index contributed by atoms with van der Waals surface area (Å²) in [7, 11) is 0. The Bertz CT molecular complexity index is 390. The molecule has 0 aromatic carbocycles. The van der Waals surface area contributed by atoms with E-state index in [1.54, 1.807) is 6.92 Å². The van der Waals surface area contributed by atoms with Gasteiger partial charge in [-0.15, -0.1) is 0 Å². The number of hydrogen-bond donors (Lipinski definition) is 1. The number of esters is 1. The molecule has 0 radical (unpaired) electrons. The van der Waals surface area contributed by atoms with Crippen molar-refractivity contribution in [2.75, 3.05) is 0 Å². The minimum absolute atomic E-state index is 0.223. The molecule has 1 N–H and O–H groups in total. The van der Waals surface area contributed by atoms with Crippen LogP contribution in [0.3, 0.4) is 0 Å². The first-order chi connectivity index (χ1) is 12.5. The number of carbonyl (C=O) groups excluding carboxylic acids is 1. The predicted molar refractivity (Wildman–Crippen MR) is 105 cm³/mol. The maximum atomic E-state index is 12.0. The van der Waals surface area contributed by atoms with E-state index in [1.165, 1.54) is 57.8 Å². The molecule has 0 saturated heterocycles. The van der Waals surface area contributed by atoms with E-state index in [0.717, 1.165) is 31.6 Å². The fraction of sp³-hybridized carbons (Fsp3) is 0.909. The second-order valence-corrected chi connectivity index (χ2v) is 8.11. The highest BCUT2D eigenvalue weighted by atomic mass is 16.5. The van der Waals surface area contributed by atoms with Crippen LogP contribution < -0.4 is 0 Å². The molecule has 2 unspecified atom stereocenters. The summed E-state index contributed by atoms with van der Waals surface area (Å²) in [5.41, 5.74) is 0. The number of aliphatic carboxylic acids is 1. The highest BCUT2D eigenvalue weighted by Crippen LogP contribution is 2.34. The van der Waals surface area contributed by atoms with E-state index in [-0.39, 0.29) is 5.97 Å². The van der Waals surface area contributed by atoms with E-state index in [9.17, 15) is 14.7 Å². The molecule has 1 rings (SSSR count). The smallest absolute Gasteiger partial charge is 0.309 e. The number of unbranched alkanes of at least 4 members (excludes halogenated alkanes) is 8. The Labute approximate surface area is 160 Å². The van der Waals surface area contributed by atoms with Crippen molar-refractivity contribution in [1.82, 2.24) is 0 Å². The first-order valence-corrected chi connectivity index (χ1v) is 11.0. The van der Waals surface area contributed by atoms with Gasteiger partial charge < -0.3 is 9.84 Å². The molecule has 0 aromatic heterocycles. The van der Waals surface area contributed by atoms with Crippen LogP contribution in [0.4, 0.5) is 0 Å². The summed E-state index contributed by atoms with van der Waals surface area (Å²) in [5, 5.41) is 9.27. The number of carbonyl (C=O) groups is 2. The zero-order valence-corrected chi connectivity index (χ0v) is 17.0. The summed E-state index contributed by atoms with van der Waals surface area (Å²) in [6.45, 7) is 3.88. The normalized spacial score (nSPS) is 16.2. The Morgan fingerprint density at radius 3 is 2.08 bits per heavy atom. The fourth-order valence-electron chi connectivity index (χ4n) is 3.40. The highest BCUT2D eigenvalue weighted by Gasteiger charge is 2.27. The first kappa shape index (κ1) is 23.0. The van der Waals surface area contributed by atoms with Gasteiger partial charge in [-0.25, -0.2) is 0 Å². The topological polar surface area (TPSA) is 63.6 Å². The summed E-state index contributed by atoms with van der Waals surface area (Å²) >= 11 is 0. The molecule has 4 nitrogen and oxygen atoms in total. The van der Waals surface area contributed by atoms with Crippen LogP contribution in [-0.4, -0.2) is 23.1 Å². The molecule has 0 heterocycles. The van der Waals surface area contributed by atoms with Crippen LogP contribution in [0.2, 0.25) is 0 Å². The van der Waals surface area contributed by atoms with Crippen molar-refractivity contribution >= 4 is 11.9 Å². The Balaban J connectivity index is 2.16. The molecular formula is C22H40O4. The van der Waals surface area contributed by atoms with Crippen molar-refractivity contribution < 1.29 is 19.4 Å². The monoisotopic (exact) mass is 368 g/mol. The Morgan fingerprint density at radius 1 is 0.962 bits per heavy atom. The minimum atomic E-state index is -0.878. The second kappa shape index (κ2) is 14.1. The molecule has 0 amide bonds. The Hall–Kier alpha value is -1.06. The van der Waals surface area contributed by atoms with Crippen LogP contribution in [0.5, 0.6) is 0 Å². The first-order valence-electron chi connectivity index (χ1n) is 11.0. The van der Waals surface area contributed by atoms with E-state index in [2.05, 4.69) is 6.92 Å². The van der Waals surface area contributed by atoms with Crippen LogP contribution in [0.25, 0.3) is 0 Å².